The predicted molar refractivity (Wildman–Crippen MR) is 64.9 cm³/mol. The van der Waals surface area contributed by atoms with Gasteiger partial charge in [0.25, 0.3) is 0 Å². The highest BCUT2D eigenvalue weighted by molar-refractivity contribution is 6.31. The number of halogens is 6. The van der Waals surface area contributed by atoms with Crippen LogP contribution in [0.2, 0.25) is 5.02 Å². The molecule has 0 aliphatic heterocycles. The number of alkyl halides is 4. The molecular formula is C11H8Cl2F4N2. The summed E-state index contributed by atoms with van der Waals surface area (Å²) >= 11 is 11.3. The quantitative estimate of drug-likeness (QED) is 0.601. The molecule has 0 fully saturated rings. The Bertz CT molecular complexity index is 607. The van der Waals surface area contributed by atoms with Crippen LogP contribution in [-0.2, 0) is 12.4 Å². The van der Waals surface area contributed by atoms with Gasteiger partial charge >= 0.3 is 6.18 Å². The lowest BCUT2D eigenvalue weighted by atomic mass is 10.3. The molecule has 2 nitrogen and oxygen atoms in total. The zero-order valence-electron chi connectivity index (χ0n) is 9.44. The molecule has 0 saturated heterocycles. The highest BCUT2D eigenvalue weighted by atomic mass is 35.5. The summed E-state index contributed by atoms with van der Waals surface area (Å²) in [6.07, 6.45) is -5.30. The van der Waals surface area contributed by atoms with Crippen molar-refractivity contribution in [2.75, 3.05) is 0 Å². The summed E-state index contributed by atoms with van der Waals surface area (Å²) in [5, 5.41) is -0.165. The Kier molecular flexibility index (Phi) is 3.92. The second kappa shape index (κ2) is 5.17. The predicted octanol–water partition coefficient (Wildman–Crippen LogP) is 4.52. The molecule has 0 aliphatic carbocycles. The fourth-order valence-corrected chi connectivity index (χ4v) is 2.12. The first kappa shape index (κ1) is 14.4. The third kappa shape index (κ3) is 3.12. The van der Waals surface area contributed by atoms with Crippen molar-refractivity contribution in [1.29, 1.82) is 0 Å². The minimum Gasteiger partial charge on any atom is -0.327 e. The summed E-state index contributed by atoms with van der Waals surface area (Å²) in [6.45, 7) is -0.329. The first-order valence-corrected chi connectivity index (χ1v) is 6.20. The van der Waals surface area contributed by atoms with Crippen LogP contribution in [0.15, 0.2) is 12.1 Å². The Morgan fingerprint density at radius 3 is 2.53 bits per heavy atom. The summed E-state index contributed by atoms with van der Waals surface area (Å²) in [4.78, 5) is 4.00. The number of imidazole rings is 1. The van der Waals surface area contributed by atoms with E-state index in [2.05, 4.69) is 4.98 Å². The van der Waals surface area contributed by atoms with E-state index in [0.717, 1.165) is 6.07 Å². The summed E-state index contributed by atoms with van der Waals surface area (Å²) in [5.41, 5.74) is 0.575. The molecule has 0 atom stereocenters. The second-order valence-corrected chi connectivity index (χ2v) is 4.61. The van der Waals surface area contributed by atoms with Crippen molar-refractivity contribution in [3.05, 3.63) is 28.8 Å². The molecule has 8 heteroatoms. The molecule has 0 saturated carbocycles. The maximum absolute atomic E-state index is 13.3. The van der Waals surface area contributed by atoms with Gasteiger partial charge in [-0.1, -0.05) is 11.6 Å². The molecule has 0 bridgehead atoms. The molecule has 0 amide bonds. The van der Waals surface area contributed by atoms with E-state index in [1.165, 1.54) is 10.6 Å². The lowest BCUT2D eigenvalue weighted by Gasteiger charge is -2.10. The highest BCUT2D eigenvalue weighted by Crippen LogP contribution is 2.27. The van der Waals surface area contributed by atoms with Gasteiger partial charge in [-0.2, -0.15) is 13.2 Å². The van der Waals surface area contributed by atoms with Gasteiger partial charge in [0.2, 0.25) is 0 Å². The Morgan fingerprint density at radius 1 is 1.26 bits per heavy atom. The van der Waals surface area contributed by atoms with Crippen molar-refractivity contribution < 1.29 is 17.6 Å². The van der Waals surface area contributed by atoms with Crippen molar-refractivity contribution >= 4 is 34.2 Å². The zero-order valence-corrected chi connectivity index (χ0v) is 11.0. The Hall–Kier alpha value is -1.01. The molecule has 104 valence electrons. The van der Waals surface area contributed by atoms with Crippen LogP contribution in [0.4, 0.5) is 17.6 Å². The number of fused-ring (bicyclic) bond motifs is 1. The molecule has 1 heterocycles. The molecule has 1 aromatic heterocycles. The van der Waals surface area contributed by atoms with Gasteiger partial charge in [-0.05, 0) is 6.07 Å². The van der Waals surface area contributed by atoms with Gasteiger partial charge in [-0.15, -0.1) is 11.6 Å². The molecule has 2 aromatic rings. The van der Waals surface area contributed by atoms with Crippen molar-refractivity contribution in [2.45, 2.75) is 25.0 Å². The largest absolute Gasteiger partial charge is 0.390 e. The van der Waals surface area contributed by atoms with E-state index < -0.39 is 18.4 Å². The van der Waals surface area contributed by atoms with E-state index in [0.29, 0.717) is 5.52 Å². The highest BCUT2D eigenvalue weighted by Gasteiger charge is 2.27. The lowest BCUT2D eigenvalue weighted by molar-refractivity contribution is -0.136. The monoisotopic (exact) mass is 314 g/mol. The summed E-state index contributed by atoms with van der Waals surface area (Å²) in [6, 6.07) is 2.34. The van der Waals surface area contributed by atoms with Gasteiger partial charge in [0.05, 0.1) is 28.4 Å². The number of aryl methyl sites for hydroxylation is 1. The van der Waals surface area contributed by atoms with Crippen molar-refractivity contribution in [1.82, 2.24) is 9.55 Å². The van der Waals surface area contributed by atoms with Gasteiger partial charge in [0, 0.05) is 12.6 Å². The molecule has 0 N–H and O–H groups in total. The van der Waals surface area contributed by atoms with E-state index in [1.54, 1.807) is 0 Å². The van der Waals surface area contributed by atoms with E-state index >= 15 is 0 Å². The summed E-state index contributed by atoms with van der Waals surface area (Å²) in [7, 11) is 0. The van der Waals surface area contributed by atoms with Gasteiger partial charge in [0.1, 0.15) is 11.6 Å². The van der Waals surface area contributed by atoms with E-state index in [4.69, 9.17) is 23.2 Å². The molecule has 0 radical (unpaired) electrons. The van der Waals surface area contributed by atoms with E-state index in [1.807, 2.05) is 0 Å². The van der Waals surface area contributed by atoms with Crippen molar-refractivity contribution in [2.24, 2.45) is 0 Å². The maximum atomic E-state index is 13.3. The number of hydrogen-bond acceptors (Lipinski definition) is 1. The first-order valence-electron chi connectivity index (χ1n) is 5.28. The average Bonchev–Trinajstić information content (AvgIpc) is 2.63. The number of hydrogen-bond donors (Lipinski definition) is 0. The number of rotatable bonds is 3. The lowest BCUT2D eigenvalue weighted by Crippen LogP contribution is -2.13. The molecular weight excluding hydrogens is 307 g/mol. The van der Waals surface area contributed by atoms with Gasteiger partial charge in [0.15, 0.2) is 0 Å². The SMILES string of the molecule is Fc1cc2nc(CCl)n(CCC(F)(F)F)c2cc1Cl. The Balaban J connectivity index is 2.48. The Morgan fingerprint density at radius 2 is 1.95 bits per heavy atom. The van der Waals surface area contributed by atoms with Crippen LogP contribution in [0, 0.1) is 5.82 Å². The van der Waals surface area contributed by atoms with Crippen LogP contribution in [-0.4, -0.2) is 15.7 Å². The van der Waals surface area contributed by atoms with Crippen LogP contribution in [0.3, 0.4) is 0 Å². The third-order valence-electron chi connectivity index (χ3n) is 2.61. The van der Waals surface area contributed by atoms with Crippen LogP contribution >= 0.6 is 23.2 Å². The van der Waals surface area contributed by atoms with E-state index in [-0.39, 0.29) is 28.8 Å². The number of benzene rings is 1. The van der Waals surface area contributed by atoms with Crippen LogP contribution < -0.4 is 0 Å². The van der Waals surface area contributed by atoms with Gasteiger partial charge in [-0.25, -0.2) is 9.37 Å². The number of nitrogens with zero attached hydrogens (tertiary/aromatic N) is 2. The first-order chi connectivity index (χ1) is 8.81. The minimum absolute atomic E-state index is 0.0637. The zero-order chi connectivity index (χ0) is 14.2. The fourth-order valence-electron chi connectivity index (χ4n) is 1.76. The van der Waals surface area contributed by atoms with Crippen LogP contribution in [0.25, 0.3) is 11.0 Å². The topological polar surface area (TPSA) is 17.8 Å². The maximum Gasteiger partial charge on any atom is 0.390 e. The fraction of sp³-hybridized carbons (Fsp3) is 0.364. The molecule has 19 heavy (non-hydrogen) atoms. The smallest absolute Gasteiger partial charge is 0.327 e. The summed E-state index contributed by atoms with van der Waals surface area (Å²) in [5.74, 6) is -0.482. The van der Waals surface area contributed by atoms with Crippen molar-refractivity contribution in [3.63, 3.8) is 0 Å². The molecule has 1 aromatic carbocycles. The van der Waals surface area contributed by atoms with Crippen LogP contribution in [0.1, 0.15) is 12.2 Å². The average molecular weight is 315 g/mol. The van der Waals surface area contributed by atoms with E-state index in [9.17, 15) is 17.6 Å². The van der Waals surface area contributed by atoms with Crippen molar-refractivity contribution in [3.8, 4) is 0 Å². The second-order valence-electron chi connectivity index (χ2n) is 3.93. The van der Waals surface area contributed by atoms with Crippen LogP contribution in [0.5, 0.6) is 0 Å². The molecule has 0 spiro atoms. The minimum atomic E-state index is -4.29. The Labute approximate surface area is 115 Å². The third-order valence-corrected chi connectivity index (χ3v) is 3.14. The molecule has 0 unspecified atom stereocenters. The summed E-state index contributed by atoms with van der Waals surface area (Å²) < 4.78 is 51.4. The van der Waals surface area contributed by atoms with Gasteiger partial charge < -0.3 is 4.57 Å². The normalized spacial score (nSPS) is 12.3. The molecule has 0 aliphatic rings. The number of aromatic nitrogens is 2. The molecule has 2 rings (SSSR count). The van der Waals surface area contributed by atoms with Gasteiger partial charge in [-0.3, -0.25) is 0 Å². The standard InChI is InChI=1S/C11H8Cl2F4N2/c12-5-10-18-8-4-7(14)6(13)3-9(8)19(10)2-1-11(15,16)17/h3-4H,1-2,5H2.